The number of carbonyl (C=O) groups is 1. The number of hydrogen-bond donors (Lipinski definition) is 2. The van der Waals surface area contributed by atoms with Gasteiger partial charge in [0.1, 0.15) is 0 Å². The smallest absolute Gasteiger partial charge is 0.315 e. The SMILES string of the molecule is C[C@@H]1CN(C[C@@H]2CCCO2)CC[C@@H]1NC(=O)NC(C)(C)C. The highest BCUT2D eigenvalue weighted by atomic mass is 16.5. The standard InChI is InChI=1S/C16H31N3O2/c1-12-10-19(11-13-6-5-9-21-13)8-7-14(12)17-15(20)18-16(2,3)4/h12-14H,5-11H2,1-4H3,(H2,17,18,20)/t12-,13+,14+/m1/s1. The Bertz CT molecular complexity index is 348. The van der Waals surface area contributed by atoms with E-state index in [0.717, 1.165) is 32.7 Å². The van der Waals surface area contributed by atoms with Crippen molar-refractivity contribution < 1.29 is 9.53 Å². The van der Waals surface area contributed by atoms with Crippen LogP contribution < -0.4 is 10.6 Å². The molecule has 2 N–H and O–H groups in total. The summed E-state index contributed by atoms with van der Waals surface area (Å²) in [7, 11) is 0. The van der Waals surface area contributed by atoms with Crippen LogP contribution in [0.1, 0.15) is 47.0 Å². The van der Waals surface area contributed by atoms with Gasteiger partial charge in [-0.05, 0) is 46.0 Å². The molecule has 2 aliphatic heterocycles. The van der Waals surface area contributed by atoms with Gasteiger partial charge in [-0.1, -0.05) is 6.92 Å². The van der Waals surface area contributed by atoms with Crippen LogP contribution in [0.4, 0.5) is 4.79 Å². The number of piperidine rings is 1. The molecule has 0 aliphatic carbocycles. The summed E-state index contributed by atoms with van der Waals surface area (Å²) in [5.74, 6) is 0.478. The van der Waals surface area contributed by atoms with Gasteiger partial charge in [-0.25, -0.2) is 4.79 Å². The number of nitrogens with zero attached hydrogens (tertiary/aromatic N) is 1. The molecule has 2 rings (SSSR count). The number of ether oxygens (including phenoxy) is 1. The van der Waals surface area contributed by atoms with E-state index < -0.39 is 0 Å². The van der Waals surface area contributed by atoms with Crippen molar-refractivity contribution in [2.45, 2.75) is 64.6 Å². The summed E-state index contributed by atoms with van der Waals surface area (Å²) in [5.41, 5.74) is -0.187. The van der Waals surface area contributed by atoms with Gasteiger partial charge in [-0.3, -0.25) is 0 Å². The molecule has 0 bridgehead atoms. The maximum atomic E-state index is 12.0. The van der Waals surface area contributed by atoms with Gasteiger partial charge in [0.15, 0.2) is 0 Å². The Morgan fingerprint density at radius 2 is 2.10 bits per heavy atom. The van der Waals surface area contributed by atoms with Crippen molar-refractivity contribution in [2.24, 2.45) is 5.92 Å². The first-order chi connectivity index (χ1) is 9.83. The second-order valence-corrected chi connectivity index (χ2v) is 7.62. The Balaban J connectivity index is 1.74. The molecule has 5 heteroatoms. The Kier molecular flexibility index (Phi) is 5.49. The summed E-state index contributed by atoms with van der Waals surface area (Å²) in [6, 6.07) is 0.222. The van der Waals surface area contributed by atoms with E-state index in [9.17, 15) is 4.79 Å². The molecular weight excluding hydrogens is 266 g/mol. The van der Waals surface area contributed by atoms with Crippen LogP contribution in [0.5, 0.6) is 0 Å². The largest absolute Gasteiger partial charge is 0.377 e. The van der Waals surface area contributed by atoms with Crippen LogP contribution in [0.25, 0.3) is 0 Å². The van der Waals surface area contributed by atoms with Crippen LogP contribution in [-0.4, -0.2) is 54.9 Å². The maximum absolute atomic E-state index is 12.0. The number of rotatable bonds is 3. The van der Waals surface area contributed by atoms with E-state index in [-0.39, 0.29) is 17.6 Å². The normalized spacial score (nSPS) is 31.1. The van der Waals surface area contributed by atoms with Crippen LogP contribution in [0, 0.1) is 5.92 Å². The molecule has 2 fully saturated rings. The van der Waals surface area contributed by atoms with Gasteiger partial charge in [0.25, 0.3) is 0 Å². The predicted molar refractivity (Wildman–Crippen MR) is 84.4 cm³/mol. The second-order valence-electron chi connectivity index (χ2n) is 7.62. The molecule has 2 amide bonds. The number of nitrogens with one attached hydrogen (secondary N) is 2. The van der Waals surface area contributed by atoms with Crippen molar-refractivity contribution >= 4 is 6.03 Å². The van der Waals surface area contributed by atoms with Crippen molar-refractivity contribution in [1.29, 1.82) is 0 Å². The highest BCUT2D eigenvalue weighted by molar-refractivity contribution is 5.75. The molecule has 0 aromatic heterocycles. The molecular formula is C16H31N3O2. The summed E-state index contributed by atoms with van der Waals surface area (Å²) >= 11 is 0. The van der Waals surface area contributed by atoms with Crippen molar-refractivity contribution in [3.8, 4) is 0 Å². The van der Waals surface area contributed by atoms with E-state index in [0.29, 0.717) is 12.0 Å². The van der Waals surface area contributed by atoms with Gasteiger partial charge >= 0.3 is 6.03 Å². The summed E-state index contributed by atoms with van der Waals surface area (Å²) < 4.78 is 5.72. The Labute approximate surface area is 128 Å². The van der Waals surface area contributed by atoms with Crippen molar-refractivity contribution in [3.05, 3.63) is 0 Å². The molecule has 21 heavy (non-hydrogen) atoms. The Morgan fingerprint density at radius 1 is 1.33 bits per heavy atom. The van der Waals surface area contributed by atoms with Crippen molar-refractivity contribution in [2.75, 3.05) is 26.2 Å². The summed E-state index contributed by atoms with van der Waals surface area (Å²) in [6.45, 7) is 12.3. The average Bonchev–Trinajstić information content (AvgIpc) is 2.83. The summed E-state index contributed by atoms with van der Waals surface area (Å²) in [4.78, 5) is 14.5. The summed E-state index contributed by atoms with van der Waals surface area (Å²) in [5, 5.41) is 6.10. The minimum absolute atomic E-state index is 0.0491. The lowest BCUT2D eigenvalue weighted by Crippen LogP contribution is -2.55. The zero-order chi connectivity index (χ0) is 15.5. The maximum Gasteiger partial charge on any atom is 0.315 e. The first kappa shape index (κ1) is 16.6. The molecule has 0 aromatic carbocycles. The minimum Gasteiger partial charge on any atom is -0.377 e. The van der Waals surface area contributed by atoms with Gasteiger partial charge in [0, 0.05) is 37.8 Å². The van der Waals surface area contributed by atoms with E-state index >= 15 is 0 Å². The van der Waals surface area contributed by atoms with E-state index in [1.807, 2.05) is 20.8 Å². The minimum atomic E-state index is -0.187. The molecule has 2 saturated heterocycles. The fourth-order valence-electron chi connectivity index (χ4n) is 3.23. The quantitative estimate of drug-likeness (QED) is 0.837. The van der Waals surface area contributed by atoms with Crippen molar-refractivity contribution in [1.82, 2.24) is 15.5 Å². The fraction of sp³-hybridized carbons (Fsp3) is 0.938. The zero-order valence-electron chi connectivity index (χ0n) is 13.9. The predicted octanol–water partition coefficient (Wildman–Crippen LogP) is 1.97. The number of urea groups is 1. The average molecular weight is 297 g/mol. The first-order valence-corrected chi connectivity index (χ1v) is 8.26. The van der Waals surface area contributed by atoms with Gasteiger partial charge < -0.3 is 20.3 Å². The zero-order valence-corrected chi connectivity index (χ0v) is 13.9. The molecule has 2 aliphatic rings. The molecule has 0 aromatic rings. The summed E-state index contributed by atoms with van der Waals surface area (Å²) in [6.07, 6.45) is 3.84. The second kappa shape index (κ2) is 6.97. The van der Waals surface area contributed by atoms with Crippen LogP contribution in [-0.2, 0) is 4.74 Å². The molecule has 0 unspecified atom stereocenters. The highest BCUT2D eigenvalue weighted by Crippen LogP contribution is 2.20. The van der Waals surface area contributed by atoms with Gasteiger partial charge in [0.2, 0.25) is 0 Å². The lowest BCUT2D eigenvalue weighted by molar-refractivity contribution is 0.0522. The first-order valence-electron chi connectivity index (χ1n) is 8.26. The monoisotopic (exact) mass is 297 g/mol. The lowest BCUT2D eigenvalue weighted by Gasteiger charge is -2.38. The molecule has 0 spiro atoms. The molecule has 122 valence electrons. The fourth-order valence-corrected chi connectivity index (χ4v) is 3.23. The van der Waals surface area contributed by atoms with Crippen LogP contribution in [0.2, 0.25) is 0 Å². The van der Waals surface area contributed by atoms with E-state index in [4.69, 9.17) is 4.74 Å². The third kappa shape index (κ3) is 5.47. The number of hydrogen-bond acceptors (Lipinski definition) is 3. The molecule has 3 atom stereocenters. The molecule has 0 radical (unpaired) electrons. The van der Waals surface area contributed by atoms with Gasteiger partial charge in [-0.15, -0.1) is 0 Å². The lowest BCUT2D eigenvalue weighted by atomic mass is 9.93. The molecule has 2 heterocycles. The number of carbonyl (C=O) groups excluding carboxylic acids is 1. The number of amides is 2. The molecule has 5 nitrogen and oxygen atoms in total. The van der Waals surface area contributed by atoms with Gasteiger partial charge in [-0.2, -0.15) is 0 Å². The molecule has 0 saturated carbocycles. The number of likely N-dealkylation sites (tertiary alicyclic amines) is 1. The van der Waals surface area contributed by atoms with Crippen molar-refractivity contribution in [3.63, 3.8) is 0 Å². The van der Waals surface area contributed by atoms with E-state index in [1.54, 1.807) is 0 Å². The Hall–Kier alpha value is -0.810. The third-order valence-electron chi connectivity index (χ3n) is 4.28. The third-order valence-corrected chi connectivity index (χ3v) is 4.28. The van der Waals surface area contributed by atoms with E-state index in [1.165, 1.54) is 12.8 Å². The highest BCUT2D eigenvalue weighted by Gasteiger charge is 2.29. The van der Waals surface area contributed by atoms with Crippen LogP contribution in [0.15, 0.2) is 0 Å². The van der Waals surface area contributed by atoms with E-state index in [2.05, 4.69) is 22.5 Å². The Morgan fingerprint density at radius 3 is 2.67 bits per heavy atom. The van der Waals surface area contributed by atoms with Gasteiger partial charge in [0.05, 0.1) is 6.10 Å². The topological polar surface area (TPSA) is 53.6 Å². The van der Waals surface area contributed by atoms with Crippen LogP contribution >= 0.6 is 0 Å². The van der Waals surface area contributed by atoms with Crippen LogP contribution in [0.3, 0.4) is 0 Å².